The van der Waals surface area contributed by atoms with Crippen molar-refractivity contribution in [1.29, 1.82) is 0 Å². The lowest BCUT2D eigenvalue weighted by atomic mass is 10.1. The molecule has 0 atom stereocenters. The van der Waals surface area contributed by atoms with Gasteiger partial charge < -0.3 is 4.90 Å². The predicted molar refractivity (Wildman–Crippen MR) is 70.1 cm³/mol. The zero-order valence-electron chi connectivity index (χ0n) is 11.6. The Hall–Kier alpha value is -2.25. The maximum Gasteiger partial charge on any atom is 0.309 e. The number of nitro groups is 1. The molecule has 0 radical (unpaired) electrons. The fourth-order valence-electron chi connectivity index (χ4n) is 1.34. The highest BCUT2D eigenvalue weighted by Gasteiger charge is 2.32. The van der Waals surface area contributed by atoms with E-state index in [0.29, 0.717) is 0 Å². The van der Waals surface area contributed by atoms with Crippen molar-refractivity contribution in [3.8, 4) is 0 Å². The average Bonchev–Trinajstić information content (AvgIpc) is 2.68. The molecule has 1 aromatic rings. The first-order valence-corrected chi connectivity index (χ1v) is 5.62. The van der Waals surface area contributed by atoms with Gasteiger partial charge in [-0.05, 0) is 20.8 Å². The summed E-state index contributed by atoms with van der Waals surface area (Å²) in [6.45, 7) is 4.75. The molecule has 0 N–H and O–H groups in total. The second kappa shape index (κ2) is 5.17. The van der Waals surface area contributed by atoms with E-state index in [0.717, 1.165) is 0 Å². The van der Waals surface area contributed by atoms with Gasteiger partial charge in [-0.25, -0.2) is 4.99 Å². The quantitative estimate of drug-likeness (QED) is 0.350. The highest BCUT2D eigenvalue weighted by atomic mass is 16.6. The van der Waals surface area contributed by atoms with Crippen molar-refractivity contribution in [3.63, 3.8) is 0 Å². The normalized spacial score (nSPS) is 11.8. The standard InChI is InChI=1S/C11H17N5O3/c1-8-9(16(18)19)6-15(13-8)11(2,3)10(17)12-7-14(4)5/h6-7H,1-5H3/b12-7-. The molecule has 0 spiro atoms. The van der Waals surface area contributed by atoms with Crippen LogP contribution in [0.25, 0.3) is 0 Å². The van der Waals surface area contributed by atoms with Gasteiger partial charge in [-0.1, -0.05) is 0 Å². The van der Waals surface area contributed by atoms with Crippen LogP contribution >= 0.6 is 0 Å². The molecule has 0 aliphatic heterocycles. The predicted octanol–water partition coefficient (Wildman–Crippen LogP) is 0.951. The van der Waals surface area contributed by atoms with Gasteiger partial charge in [0, 0.05) is 14.1 Å². The lowest BCUT2D eigenvalue weighted by Crippen LogP contribution is -2.35. The van der Waals surface area contributed by atoms with Gasteiger partial charge in [0.25, 0.3) is 5.91 Å². The van der Waals surface area contributed by atoms with E-state index in [2.05, 4.69) is 10.1 Å². The van der Waals surface area contributed by atoms with E-state index in [4.69, 9.17) is 0 Å². The second-order valence-electron chi connectivity index (χ2n) is 4.87. The Morgan fingerprint density at radius 2 is 2.16 bits per heavy atom. The van der Waals surface area contributed by atoms with Gasteiger partial charge in [0.05, 0.1) is 11.3 Å². The number of carbonyl (C=O) groups excluding carboxylic acids is 1. The van der Waals surface area contributed by atoms with Crippen LogP contribution in [0.2, 0.25) is 0 Å². The summed E-state index contributed by atoms with van der Waals surface area (Å²) in [5.74, 6) is -0.432. The first-order valence-electron chi connectivity index (χ1n) is 5.62. The minimum absolute atomic E-state index is 0.113. The monoisotopic (exact) mass is 267 g/mol. The Morgan fingerprint density at radius 1 is 1.58 bits per heavy atom. The minimum atomic E-state index is -1.08. The molecule has 0 aromatic carbocycles. The van der Waals surface area contributed by atoms with Crippen LogP contribution < -0.4 is 0 Å². The Bertz CT molecular complexity index is 530. The number of aromatic nitrogens is 2. The van der Waals surface area contributed by atoms with Crippen LogP contribution in [0, 0.1) is 17.0 Å². The summed E-state index contributed by atoms with van der Waals surface area (Å²) < 4.78 is 1.27. The molecule has 0 saturated carbocycles. The van der Waals surface area contributed by atoms with E-state index < -0.39 is 16.4 Å². The van der Waals surface area contributed by atoms with Crippen molar-refractivity contribution in [2.24, 2.45) is 4.99 Å². The summed E-state index contributed by atoms with van der Waals surface area (Å²) in [6, 6.07) is 0. The van der Waals surface area contributed by atoms with Crippen LogP contribution in [0.3, 0.4) is 0 Å². The third-order valence-electron chi connectivity index (χ3n) is 2.57. The molecule has 1 amide bonds. The Kier molecular flexibility index (Phi) is 4.03. The van der Waals surface area contributed by atoms with Gasteiger partial charge in [0.15, 0.2) is 0 Å². The number of aryl methyl sites for hydroxylation is 1. The molecule has 0 aliphatic carbocycles. The number of hydrogen-bond acceptors (Lipinski definition) is 4. The van der Waals surface area contributed by atoms with E-state index in [1.165, 1.54) is 24.1 Å². The maximum atomic E-state index is 12.0. The molecule has 19 heavy (non-hydrogen) atoms. The molecule has 8 nitrogen and oxygen atoms in total. The minimum Gasteiger partial charge on any atom is -0.369 e. The van der Waals surface area contributed by atoms with Crippen molar-refractivity contribution < 1.29 is 9.72 Å². The van der Waals surface area contributed by atoms with Crippen LogP contribution in [-0.2, 0) is 10.3 Å². The first kappa shape index (κ1) is 14.8. The second-order valence-corrected chi connectivity index (χ2v) is 4.87. The zero-order chi connectivity index (χ0) is 14.8. The molecule has 104 valence electrons. The molecule has 0 bridgehead atoms. The SMILES string of the molecule is Cc1nn(C(C)(C)C(=O)/N=C\N(C)C)cc1[N+](=O)[O-]. The summed E-state index contributed by atoms with van der Waals surface area (Å²) >= 11 is 0. The summed E-state index contributed by atoms with van der Waals surface area (Å²) in [4.78, 5) is 27.7. The molecule has 0 saturated heterocycles. The van der Waals surface area contributed by atoms with E-state index in [9.17, 15) is 14.9 Å². The number of aliphatic imine (C=N–C) groups is 1. The smallest absolute Gasteiger partial charge is 0.309 e. The van der Waals surface area contributed by atoms with Crippen molar-refractivity contribution >= 4 is 17.9 Å². The van der Waals surface area contributed by atoms with Gasteiger partial charge >= 0.3 is 5.69 Å². The van der Waals surface area contributed by atoms with Crippen LogP contribution in [0.5, 0.6) is 0 Å². The van der Waals surface area contributed by atoms with Crippen LogP contribution in [0.15, 0.2) is 11.2 Å². The summed E-state index contributed by atoms with van der Waals surface area (Å²) in [7, 11) is 3.49. The lowest BCUT2D eigenvalue weighted by Gasteiger charge is -2.20. The van der Waals surface area contributed by atoms with Gasteiger partial charge in [0.1, 0.15) is 17.4 Å². The molecular weight excluding hydrogens is 250 g/mol. The molecular formula is C11H17N5O3. The summed E-state index contributed by atoms with van der Waals surface area (Å²) in [5.41, 5.74) is -0.925. The lowest BCUT2D eigenvalue weighted by molar-refractivity contribution is -0.385. The molecule has 1 rings (SSSR count). The highest BCUT2D eigenvalue weighted by molar-refractivity contribution is 5.89. The zero-order valence-corrected chi connectivity index (χ0v) is 11.6. The molecule has 0 aliphatic rings. The fraction of sp³-hybridized carbons (Fsp3) is 0.545. The van der Waals surface area contributed by atoms with E-state index in [1.807, 2.05) is 0 Å². The summed E-state index contributed by atoms with van der Waals surface area (Å²) in [6.07, 6.45) is 2.63. The maximum absolute atomic E-state index is 12.0. The Balaban J connectivity index is 3.09. The van der Waals surface area contributed by atoms with E-state index >= 15 is 0 Å². The Morgan fingerprint density at radius 3 is 2.58 bits per heavy atom. The molecule has 1 heterocycles. The topological polar surface area (TPSA) is 93.6 Å². The van der Waals surface area contributed by atoms with Crippen LogP contribution in [0.4, 0.5) is 5.69 Å². The highest BCUT2D eigenvalue weighted by Crippen LogP contribution is 2.22. The van der Waals surface area contributed by atoms with Crippen molar-refractivity contribution in [2.75, 3.05) is 14.1 Å². The van der Waals surface area contributed by atoms with Gasteiger partial charge in [-0.2, -0.15) is 5.10 Å². The average molecular weight is 267 g/mol. The van der Waals surface area contributed by atoms with Crippen LogP contribution in [0.1, 0.15) is 19.5 Å². The summed E-state index contributed by atoms with van der Waals surface area (Å²) in [5, 5.41) is 14.8. The largest absolute Gasteiger partial charge is 0.369 e. The molecule has 1 aromatic heterocycles. The van der Waals surface area contributed by atoms with Gasteiger partial charge in [0.2, 0.25) is 0 Å². The number of amides is 1. The first-order chi connectivity index (χ1) is 8.66. The number of hydrogen-bond donors (Lipinski definition) is 0. The van der Waals surface area contributed by atoms with E-state index in [-0.39, 0.29) is 11.4 Å². The third-order valence-corrected chi connectivity index (χ3v) is 2.57. The molecule has 8 heteroatoms. The fourth-order valence-corrected chi connectivity index (χ4v) is 1.34. The van der Waals surface area contributed by atoms with Crippen molar-refractivity contribution in [1.82, 2.24) is 14.7 Å². The van der Waals surface area contributed by atoms with Crippen molar-refractivity contribution in [3.05, 3.63) is 22.0 Å². The van der Waals surface area contributed by atoms with E-state index in [1.54, 1.807) is 32.8 Å². The molecule has 0 fully saturated rings. The number of carbonyl (C=O) groups is 1. The number of rotatable bonds is 4. The van der Waals surface area contributed by atoms with Crippen LogP contribution in [-0.4, -0.2) is 45.9 Å². The Labute approximate surface area is 110 Å². The number of nitrogens with zero attached hydrogens (tertiary/aromatic N) is 5. The van der Waals surface area contributed by atoms with Gasteiger partial charge in [-0.15, -0.1) is 0 Å². The van der Waals surface area contributed by atoms with Crippen molar-refractivity contribution in [2.45, 2.75) is 26.3 Å². The van der Waals surface area contributed by atoms with Gasteiger partial charge in [-0.3, -0.25) is 19.6 Å². The third kappa shape index (κ3) is 3.15. The molecule has 0 unspecified atom stereocenters.